The van der Waals surface area contributed by atoms with Gasteiger partial charge in [-0.15, -0.1) is 0 Å². The Bertz CT molecular complexity index is 650. The highest BCUT2D eigenvalue weighted by atomic mass is 19.4. The van der Waals surface area contributed by atoms with Gasteiger partial charge in [0.05, 0.1) is 5.56 Å². The van der Waals surface area contributed by atoms with Crippen molar-refractivity contribution in [3.63, 3.8) is 0 Å². The average molecular weight is 339 g/mol. The molecule has 8 heteroatoms. The first-order valence-electron chi connectivity index (χ1n) is 7.48. The van der Waals surface area contributed by atoms with Crippen LogP contribution >= 0.6 is 0 Å². The van der Waals surface area contributed by atoms with Crippen LogP contribution in [0, 0.1) is 13.8 Å². The van der Waals surface area contributed by atoms with Crippen molar-refractivity contribution < 1.29 is 13.2 Å². The molecule has 0 aliphatic carbocycles. The maximum absolute atomic E-state index is 12.5. The molecule has 1 unspecified atom stereocenters. The molecule has 5 nitrogen and oxygen atoms in total. The van der Waals surface area contributed by atoms with Crippen LogP contribution in [0.25, 0.3) is 0 Å². The van der Waals surface area contributed by atoms with Crippen molar-refractivity contribution in [1.82, 2.24) is 15.3 Å². The first-order valence-corrected chi connectivity index (χ1v) is 7.48. The Morgan fingerprint density at radius 1 is 1.08 bits per heavy atom. The second kappa shape index (κ2) is 7.59. The Kier molecular flexibility index (Phi) is 5.74. The number of alkyl halides is 3. The highest BCUT2D eigenvalue weighted by Gasteiger charge is 2.29. The lowest BCUT2D eigenvalue weighted by Gasteiger charge is -2.16. The van der Waals surface area contributed by atoms with Gasteiger partial charge < -0.3 is 5.32 Å². The molecule has 0 saturated carbocycles. The number of halogens is 3. The van der Waals surface area contributed by atoms with E-state index in [0.29, 0.717) is 18.9 Å². The van der Waals surface area contributed by atoms with Gasteiger partial charge in [0, 0.05) is 17.9 Å². The van der Waals surface area contributed by atoms with E-state index >= 15 is 0 Å². The van der Waals surface area contributed by atoms with Crippen LogP contribution in [0.5, 0.6) is 0 Å². The van der Waals surface area contributed by atoms with E-state index < -0.39 is 18.0 Å². The number of benzene rings is 1. The normalized spacial score (nSPS) is 12.9. The van der Waals surface area contributed by atoms with Crippen molar-refractivity contribution in [3.8, 4) is 0 Å². The summed E-state index contributed by atoms with van der Waals surface area (Å²) < 4.78 is 37.5. The van der Waals surface area contributed by atoms with Gasteiger partial charge in [-0.2, -0.15) is 13.2 Å². The first kappa shape index (κ1) is 18.2. The molecule has 0 saturated heterocycles. The molecule has 0 amide bonds. The topological polar surface area (TPSA) is 75.9 Å². The van der Waals surface area contributed by atoms with E-state index in [-0.39, 0.29) is 0 Å². The molecule has 4 N–H and O–H groups in total. The quantitative estimate of drug-likeness (QED) is 0.706. The maximum atomic E-state index is 12.5. The minimum atomic E-state index is -4.31. The summed E-state index contributed by atoms with van der Waals surface area (Å²) >= 11 is 0. The molecule has 0 radical (unpaired) electrons. The van der Waals surface area contributed by atoms with Crippen molar-refractivity contribution in [1.29, 1.82) is 0 Å². The third kappa shape index (κ3) is 5.47. The molecule has 1 atom stereocenters. The molecule has 0 aliphatic rings. The van der Waals surface area contributed by atoms with Crippen molar-refractivity contribution >= 4 is 5.95 Å². The summed E-state index contributed by atoms with van der Waals surface area (Å²) in [7, 11) is 0. The van der Waals surface area contributed by atoms with E-state index in [1.807, 2.05) is 19.9 Å². The molecule has 0 spiro atoms. The number of nitrogens with zero attached hydrogens (tertiary/aromatic N) is 2. The Morgan fingerprint density at radius 2 is 1.67 bits per heavy atom. The summed E-state index contributed by atoms with van der Waals surface area (Å²) in [6, 6.07) is 6.95. The van der Waals surface area contributed by atoms with E-state index in [4.69, 9.17) is 5.73 Å². The van der Waals surface area contributed by atoms with Gasteiger partial charge in [0.2, 0.25) is 5.95 Å². The number of aryl methyl sites for hydroxylation is 2. The molecule has 2 rings (SSSR count). The van der Waals surface area contributed by atoms with Gasteiger partial charge in [0.15, 0.2) is 0 Å². The number of aromatic nitrogens is 2. The molecule has 1 aromatic carbocycles. The van der Waals surface area contributed by atoms with E-state index in [1.54, 1.807) is 0 Å². The van der Waals surface area contributed by atoms with E-state index in [2.05, 4.69) is 20.6 Å². The first-order chi connectivity index (χ1) is 11.2. The van der Waals surface area contributed by atoms with Gasteiger partial charge in [-0.3, -0.25) is 11.1 Å². The molecular weight excluding hydrogens is 319 g/mol. The zero-order chi connectivity index (χ0) is 17.7. The number of hydrogen-bond donors (Lipinski definition) is 3. The van der Waals surface area contributed by atoms with Gasteiger partial charge in [-0.05, 0) is 44.0 Å². The molecule has 130 valence electrons. The van der Waals surface area contributed by atoms with Gasteiger partial charge >= 0.3 is 6.18 Å². The lowest BCUT2D eigenvalue weighted by atomic mass is 10.1. The molecule has 0 bridgehead atoms. The van der Waals surface area contributed by atoms with E-state index in [1.165, 1.54) is 12.1 Å². The zero-order valence-corrected chi connectivity index (χ0v) is 13.5. The average Bonchev–Trinajstić information content (AvgIpc) is 2.45. The molecule has 1 aromatic heterocycles. The number of nitrogens with one attached hydrogen (secondary N) is 2. The van der Waals surface area contributed by atoms with Gasteiger partial charge in [0.1, 0.15) is 6.29 Å². The molecule has 0 fully saturated rings. The third-order valence-corrected chi connectivity index (χ3v) is 3.33. The number of hydrogen-bond acceptors (Lipinski definition) is 5. The molecule has 0 aliphatic heterocycles. The SMILES string of the molecule is Cc1cc(C)nc(NC(N)NCCc2ccc(C(F)(F)F)cc2)n1. The van der Waals surface area contributed by atoms with Crippen LogP contribution in [0.3, 0.4) is 0 Å². The van der Waals surface area contributed by atoms with Crippen molar-refractivity contribution in [3.05, 3.63) is 52.8 Å². The lowest BCUT2D eigenvalue weighted by Crippen LogP contribution is -2.45. The highest BCUT2D eigenvalue weighted by Crippen LogP contribution is 2.29. The fraction of sp³-hybridized carbons (Fsp3) is 0.375. The van der Waals surface area contributed by atoms with Crippen LogP contribution in [0.2, 0.25) is 0 Å². The second-order valence-electron chi connectivity index (χ2n) is 5.50. The fourth-order valence-electron chi connectivity index (χ4n) is 2.21. The third-order valence-electron chi connectivity index (χ3n) is 3.33. The summed E-state index contributed by atoms with van der Waals surface area (Å²) in [5, 5.41) is 5.96. The predicted molar refractivity (Wildman–Crippen MR) is 86.3 cm³/mol. The zero-order valence-electron chi connectivity index (χ0n) is 13.5. The minimum Gasteiger partial charge on any atom is -0.326 e. The standard InChI is InChI=1S/C16H20F3N5/c1-10-9-11(2)23-15(22-10)24-14(20)21-8-7-12-3-5-13(6-4-12)16(17,18)19/h3-6,9,14,21H,7-8,20H2,1-2H3,(H,22,23,24). The number of rotatable bonds is 6. The van der Waals surface area contributed by atoms with Crippen LogP contribution in [-0.2, 0) is 12.6 Å². The Labute approximate surface area is 138 Å². The number of nitrogens with two attached hydrogens (primary N) is 1. The monoisotopic (exact) mass is 339 g/mol. The second-order valence-corrected chi connectivity index (χ2v) is 5.50. The Hall–Kier alpha value is -2.19. The maximum Gasteiger partial charge on any atom is 0.416 e. The van der Waals surface area contributed by atoms with Gasteiger partial charge in [-0.25, -0.2) is 9.97 Å². The largest absolute Gasteiger partial charge is 0.416 e. The Morgan fingerprint density at radius 3 is 2.21 bits per heavy atom. The molecule has 24 heavy (non-hydrogen) atoms. The summed E-state index contributed by atoms with van der Waals surface area (Å²) in [6.45, 7) is 4.23. The molecule has 1 heterocycles. The lowest BCUT2D eigenvalue weighted by molar-refractivity contribution is -0.137. The van der Waals surface area contributed by atoms with Crippen molar-refractivity contribution in [2.24, 2.45) is 5.73 Å². The molecule has 2 aromatic rings. The summed E-state index contributed by atoms with van der Waals surface area (Å²) in [5.41, 5.74) is 7.72. The molecular formula is C16H20F3N5. The number of anilines is 1. The van der Waals surface area contributed by atoms with Crippen LogP contribution in [0.15, 0.2) is 30.3 Å². The van der Waals surface area contributed by atoms with Gasteiger partial charge in [0.25, 0.3) is 0 Å². The predicted octanol–water partition coefficient (Wildman–Crippen LogP) is 2.60. The van der Waals surface area contributed by atoms with Crippen LogP contribution < -0.4 is 16.4 Å². The van der Waals surface area contributed by atoms with Crippen LogP contribution in [-0.4, -0.2) is 22.8 Å². The van der Waals surface area contributed by atoms with E-state index in [9.17, 15) is 13.2 Å². The minimum absolute atomic E-state index is 0.432. The van der Waals surface area contributed by atoms with Crippen LogP contribution in [0.1, 0.15) is 22.5 Å². The van der Waals surface area contributed by atoms with Crippen LogP contribution in [0.4, 0.5) is 19.1 Å². The fourth-order valence-corrected chi connectivity index (χ4v) is 2.21. The Balaban J connectivity index is 1.81. The summed E-state index contributed by atoms with van der Waals surface area (Å²) in [6.07, 6.45) is -4.31. The van der Waals surface area contributed by atoms with Crippen molar-refractivity contribution in [2.75, 3.05) is 11.9 Å². The summed E-state index contributed by atoms with van der Waals surface area (Å²) in [4.78, 5) is 8.45. The van der Waals surface area contributed by atoms with E-state index in [0.717, 1.165) is 29.1 Å². The highest BCUT2D eigenvalue weighted by molar-refractivity contribution is 5.28. The van der Waals surface area contributed by atoms with Gasteiger partial charge in [-0.1, -0.05) is 12.1 Å². The smallest absolute Gasteiger partial charge is 0.326 e. The van der Waals surface area contributed by atoms with Crippen molar-refractivity contribution in [2.45, 2.75) is 32.7 Å². The summed E-state index contributed by atoms with van der Waals surface area (Å²) in [5.74, 6) is 0.432.